The summed E-state index contributed by atoms with van der Waals surface area (Å²) in [5.74, 6) is -2.57. The van der Waals surface area contributed by atoms with Crippen LogP contribution in [0.25, 0.3) is 0 Å². The Labute approximate surface area is 156 Å². The van der Waals surface area contributed by atoms with E-state index in [0.29, 0.717) is 5.56 Å². The molecule has 3 atom stereocenters. The summed E-state index contributed by atoms with van der Waals surface area (Å²) in [5, 5.41) is 18.9. The lowest BCUT2D eigenvalue weighted by atomic mass is 9.86. The molecule has 1 fully saturated rings. The van der Waals surface area contributed by atoms with Gasteiger partial charge in [-0.1, -0.05) is 60.7 Å². The minimum atomic E-state index is -1.11. The van der Waals surface area contributed by atoms with Gasteiger partial charge in [0.25, 0.3) is 0 Å². The first-order valence-electron chi connectivity index (χ1n) is 8.48. The number of carboxylic acids is 2. The number of carboxylic acid groups (broad SMARTS) is 2. The lowest BCUT2D eigenvalue weighted by Gasteiger charge is -2.51. The van der Waals surface area contributed by atoms with E-state index in [2.05, 4.69) is 0 Å². The minimum Gasteiger partial charge on any atom is -0.480 e. The Balaban J connectivity index is 1.96. The molecule has 1 saturated heterocycles. The van der Waals surface area contributed by atoms with Gasteiger partial charge in [-0.15, -0.1) is 0 Å². The van der Waals surface area contributed by atoms with Gasteiger partial charge in [0.1, 0.15) is 18.6 Å². The lowest BCUT2D eigenvalue weighted by Crippen LogP contribution is -2.66. The van der Waals surface area contributed by atoms with Gasteiger partial charge in [0.05, 0.1) is 6.04 Å². The summed E-state index contributed by atoms with van der Waals surface area (Å²) in [5.41, 5.74) is 1.33. The van der Waals surface area contributed by atoms with Crippen molar-refractivity contribution in [3.8, 4) is 0 Å². The van der Waals surface area contributed by atoms with E-state index in [9.17, 15) is 19.5 Å². The number of likely N-dealkylation sites (N-methyl/N-ethyl adjacent to an activating group) is 1. The number of nitrogens with zero attached hydrogens (tertiary/aromatic N) is 2. The van der Waals surface area contributed by atoms with Crippen molar-refractivity contribution >= 4 is 17.8 Å². The number of amides is 1. The number of likely N-dealkylation sites (tertiary alicyclic amines) is 1. The first kappa shape index (κ1) is 18.6. The number of benzene rings is 2. The van der Waals surface area contributed by atoms with Crippen LogP contribution in [-0.2, 0) is 14.4 Å². The van der Waals surface area contributed by atoms with E-state index in [1.807, 2.05) is 18.2 Å². The van der Waals surface area contributed by atoms with E-state index >= 15 is 0 Å². The Morgan fingerprint density at radius 2 is 1.59 bits per heavy atom. The molecule has 7 heteroatoms. The monoisotopic (exact) mass is 368 g/mol. The molecule has 1 aliphatic heterocycles. The average molecular weight is 368 g/mol. The van der Waals surface area contributed by atoms with Gasteiger partial charge < -0.3 is 15.1 Å². The van der Waals surface area contributed by atoms with Crippen molar-refractivity contribution in [1.82, 2.24) is 9.80 Å². The topological polar surface area (TPSA) is 98.2 Å². The van der Waals surface area contributed by atoms with Crippen LogP contribution in [0.1, 0.15) is 23.2 Å². The molecular weight excluding hydrogens is 348 g/mol. The van der Waals surface area contributed by atoms with Crippen LogP contribution < -0.4 is 0 Å². The van der Waals surface area contributed by atoms with Gasteiger partial charge >= 0.3 is 11.9 Å². The Kier molecular flexibility index (Phi) is 5.23. The summed E-state index contributed by atoms with van der Waals surface area (Å²) < 4.78 is 0. The van der Waals surface area contributed by atoms with Crippen LogP contribution >= 0.6 is 0 Å². The number of carbonyl (C=O) groups is 3. The molecule has 0 aliphatic carbocycles. The number of hydrogen-bond acceptors (Lipinski definition) is 4. The lowest BCUT2D eigenvalue weighted by molar-refractivity contribution is -0.169. The molecular formula is C20H20N2O5. The Morgan fingerprint density at radius 3 is 2.11 bits per heavy atom. The van der Waals surface area contributed by atoms with Crippen molar-refractivity contribution in [3.63, 3.8) is 0 Å². The highest BCUT2D eigenvalue weighted by molar-refractivity contribution is 5.93. The number of carbonyl (C=O) groups excluding carboxylic acids is 1. The first-order valence-corrected chi connectivity index (χ1v) is 8.48. The van der Waals surface area contributed by atoms with Gasteiger partial charge in [-0.3, -0.25) is 19.3 Å². The van der Waals surface area contributed by atoms with Crippen LogP contribution in [0.5, 0.6) is 0 Å². The molecule has 2 aromatic carbocycles. The normalized spacial score (nSPS) is 20.2. The predicted molar refractivity (Wildman–Crippen MR) is 96.9 cm³/mol. The zero-order valence-corrected chi connectivity index (χ0v) is 14.7. The van der Waals surface area contributed by atoms with Gasteiger partial charge in [0.15, 0.2) is 0 Å². The Morgan fingerprint density at radius 1 is 1.04 bits per heavy atom. The average Bonchev–Trinajstić information content (AvgIpc) is 2.65. The molecule has 0 spiro atoms. The molecule has 0 bridgehead atoms. The molecule has 0 radical (unpaired) electrons. The second kappa shape index (κ2) is 7.59. The van der Waals surface area contributed by atoms with Gasteiger partial charge in [0, 0.05) is 0 Å². The van der Waals surface area contributed by atoms with Crippen LogP contribution in [-0.4, -0.2) is 57.5 Å². The SMILES string of the molecule is CN(C(C(=O)O)c1ccccc1)[C@@H]1C(=O)N(CC(=O)O)[C@@H]1c1ccccc1. The number of aliphatic carboxylic acids is 2. The van der Waals surface area contributed by atoms with E-state index in [1.165, 1.54) is 9.80 Å². The van der Waals surface area contributed by atoms with Crippen LogP contribution in [0.3, 0.4) is 0 Å². The van der Waals surface area contributed by atoms with Crippen molar-refractivity contribution < 1.29 is 24.6 Å². The van der Waals surface area contributed by atoms with E-state index < -0.39 is 42.5 Å². The third-order valence-corrected chi connectivity index (χ3v) is 4.81. The van der Waals surface area contributed by atoms with Gasteiger partial charge in [0.2, 0.25) is 5.91 Å². The molecule has 2 aromatic rings. The summed E-state index contributed by atoms with van der Waals surface area (Å²) in [6.45, 7) is -0.425. The number of β-lactam (4-membered cyclic amide) rings is 1. The second-order valence-electron chi connectivity index (χ2n) is 6.48. The van der Waals surface area contributed by atoms with Crippen LogP contribution in [0.15, 0.2) is 60.7 Å². The molecule has 1 heterocycles. The maximum atomic E-state index is 12.7. The van der Waals surface area contributed by atoms with Crippen molar-refractivity contribution in [2.45, 2.75) is 18.1 Å². The van der Waals surface area contributed by atoms with Crippen molar-refractivity contribution in [1.29, 1.82) is 0 Å². The summed E-state index contributed by atoms with van der Waals surface area (Å²) >= 11 is 0. The van der Waals surface area contributed by atoms with E-state index in [-0.39, 0.29) is 0 Å². The first-order chi connectivity index (χ1) is 12.9. The molecule has 1 unspecified atom stereocenters. The maximum Gasteiger partial charge on any atom is 0.325 e. The molecule has 27 heavy (non-hydrogen) atoms. The van der Waals surface area contributed by atoms with Gasteiger partial charge in [-0.05, 0) is 18.2 Å². The van der Waals surface area contributed by atoms with Crippen LogP contribution in [0.2, 0.25) is 0 Å². The number of rotatable bonds is 7. The highest BCUT2D eigenvalue weighted by atomic mass is 16.4. The maximum absolute atomic E-state index is 12.7. The molecule has 0 saturated carbocycles. The molecule has 2 N–H and O–H groups in total. The molecule has 0 aromatic heterocycles. The zero-order chi connectivity index (χ0) is 19.6. The fourth-order valence-electron chi connectivity index (χ4n) is 3.61. The van der Waals surface area contributed by atoms with Crippen molar-refractivity contribution in [2.24, 2.45) is 0 Å². The standard InChI is InChI=1S/C20H20N2O5/c1-21(17(20(26)27)14-10-6-3-7-11-14)18-16(13-8-4-2-5-9-13)22(19(18)25)12-15(23)24/h2-11,16-18H,12H2,1H3,(H,23,24)(H,26,27)/t16-,17?,18+/m1/s1. The summed E-state index contributed by atoms with van der Waals surface area (Å²) in [7, 11) is 1.59. The molecule has 1 amide bonds. The van der Waals surface area contributed by atoms with E-state index in [0.717, 1.165) is 5.56 Å². The van der Waals surface area contributed by atoms with Crippen LogP contribution in [0, 0.1) is 0 Å². The highest BCUT2D eigenvalue weighted by Crippen LogP contribution is 2.40. The fraction of sp³-hybridized carbons (Fsp3) is 0.250. The van der Waals surface area contributed by atoms with Crippen LogP contribution in [0.4, 0.5) is 0 Å². The van der Waals surface area contributed by atoms with Crippen molar-refractivity contribution in [3.05, 3.63) is 71.8 Å². The molecule has 3 rings (SSSR count). The second-order valence-corrected chi connectivity index (χ2v) is 6.48. The largest absolute Gasteiger partial charge is 0.480 e. The smallest absolute Gasteiger partial charge is 0.325 e. The molecule has 140 valence electrons. The third kappa shape index (κ3) is 3.54. The molecule has 7 nitrogen and oxygen atoms in total. The van der Waals surface area contributed by atoms with E-state index in [1.54, 1.807) is 49.5 Å². The van der Waals surface area contributed by atoms with Crippen molar-refractivity contribution in [2.75, 3.05) is 13.6 Å². The fourth-order valence-corrected chi connectivity index (χ4v) is 3.61. The third-order valence-electron chi connectivity index (χ3n) is 4.81. The quantitative estimate of drug-likeness (QED) is 0.723. The summed E-state index contributed by atoms with van der Waals surface area (Å²) in [4.78, 5) is 38.6. The van der Waals surface area contributed by atoms with E-state index in [4.69, 9.17) is 5.11 Å². The minimum absolute atomic E-state index is 0.393. The van der Waals surface area contributed by atoms with Gasteiger partial charge in [-0.2, -0.15) is 0 Å². The van der Waals surface area contributed by atoms with Gasteiger partial charge in [-0.25, -0.2) is 0 Å². The molecule has 1 aliphatic rings. The zero-order valence-electron chi connectivity index (χ0n) is 14.7. The highest BCUT2D eigenvalue weighted by Gasteiger charge is 2.53. The Hall–Kier alpha value is -3.19. The Bertz CT molecular complexity index is 840. The summed E-state index contributed by atoms with van der Waals surface area (Å²) in [6.07, 6.45) is 0. The number of hydrogen-bond donors (Lipinski definition) is 2. The summed E-state index contributed by atoms with van der Waals surface area (Å²) in [6, 6.07) is 15.4. The predicted octanol–water partition coefficient (Wildman–Crippen LogP) is 1.78.